The van der Waals surface area contributed by atoms with E-state index in [-0.39, 0.29) is 12.3 Å². The maximum Gasteiger partial charge on any atom is 0.230 e. The Bertz CT molecular complexity index is 1120. The number of hydrogen-bond acceptors (Lipinski definition) is 8. The first-order valence-corrected chi connectivity index (χ1v) is 9.67. The number of nitrogens with two attached hydrogens (primary N) is 1. The van der Waals surface area contributed by atoms with Crippen molar-refractivity contribution in [1.29, 1.82) is 0 Å². The molecule has 0 bridgehead atoms. The topological polar surface area (TPSA) is 103 Å². The van der Waals surface area contributed by atoms with E-state index >= 15 is 0 Å². The molecular formula is C18H15N5O2S2. The fourth-order valence-corrected chi connectivity index (χ4v) is 4.24. The maximum atomic E-state index is 12.4. The first kappa shape index (κ1) is 17.4. The van der Waals surface area contributed by atoms with E-state index in [0.717, 1.165) is 21.3 Å². The minimum absolute atomic E-state index is 0.158. The molecule has 0 unspecified atom stereocenters. The van der Waals surface area contributed by atoms with Crippen LogP contribution in [0.15, 0.2) is 42.5 Å². The number of nitrogens with one attached hydrogen (secondary N) is 1. The van der Waals surface area contributed by atoms with E-state index in [1.54, 1.807) is 7.11 Å². The number of amides is 1. The van der Waals surface area contributed by atoms with Gasteiger partial charge in [0.1, 0.15) is 5.75 Å². The summed E-state index contributed by atoms with van der Waals surface area (Å²) in [5.41, 5.74) is 8.29. The van der Waals surface area contributed by atoms with Crippen molar-refractivity contribution in [3.05, 3.63) is 48.0 Å². The van der Waals surface area contributed by atoms with Crippen LogP contribution in [-0.4, -0.2) is 28.2 Å². The summed E-state index contributed by atoms with van der Waals surface area (Å²) in [6.45, 7) is 0. The Labute approximate surface area is 162 Å². The number of methoxy groups -OCH3 is 1. The van der Waals surface area contributed by atoms with Gasteiger partial charge < -0.3 is 15.8 Å². The zero-order valence-electron chi connectivity index (χ0n) is 14.3. The largest absolute Gasteiger partial charge is 0.496 e. The van der Waals surface area contributed by atoms with Crippen molar-refractivity contribution in [2.24, 2.45) is 0 Å². The van der Waals surface area contributed by atoms with Crippen LogP contribution in [0, 0.1) is 0 Å². The van der Waals surface area contributed by atoms with Crippen molar-refractivity contribution in [3.63, 3.8) is 0 Å². The molecule has 0 atom stereocenters. The molecule has 0 spiro atoms. The van der Waals surface area contributed by atoms with Crippen LogP contribution in [0.1, 0.15) is 5.56 Å². The molecule has 2 heterocycles. The van der Waals surface area contributed by atoms with Crippen LogP contribution in [-0.2, 0) is 11.2 Å². The van der Waals surface area contributed by atoms with Crippen LogP contribution in [0.25, 0.3) is 20.8 Å². The van der Waals surface area contributed by atoms with E-state index in [0.29, 0.717) is 21.0 Å². The number of hydrogen-bond donors (Lipinski definition) is 2. The van der Waals surface area contributed by atoms with E-state index in [9.17, 15) is 4.79 Å². The number of aromatic nitrogens is 3. The molecule has 0 aliphatic carbocycles. The number of para-hydroxylation sites is 1. The number of nitrogens with zero attached hydrogens (tertiary/aromatic N) is 3. The van der Waals surface area contributed by atoms with Gasteiger partial charge in [-0.25, -0.2) is 4.98 Å². The minimum atomic E-state index is -0.158. The number of thiazole rings is 1. The Hall–Kier alpha value is -3.04. The molecule has 7 nitrogen and oxygen atoms in total. The Morgan fingerprint density at radius 3 is 2.89 bits per heavy atom. The van der Waals surface area contributed by atoms with Gasteiger partial charge in [-0.15, -0.1) is 10.2 Å². The number of ether oxygens (including phenoxy) is 1. The Morgan fingerprint density at radius 2 is 2.04 bits per heavy atom. The number of anilines is 2. The van der Waals surface area contributed by atoms with Crippen molar-refractivity contribution in [2.45, 2.75) is 6.42 Å². The van der Waals surface area contributed by atoms with Crippen LogP contribution in [0.3, 0.4) is 0 Å². The second-order valence-electron chi connectivity index (χ2n) is 5.69. The number of carbonyl (C=O) groups excluding carboxylic acids is 1. The van der Waals surface area contributed by atoms with Crippen molar-refractivity contribution in [1.82, 2.24) is 15.2 Å². The van der Waals surface area contributed by atoms with E-state index in [1.165, 1.54) is 22.7 Å². The second-order valence-corrected chi connectivity index (χ2v) is 7.73. The van der Waals surface area contributed by atoms with Gasteiger partial charge in [0.15, 0.2) is 10.1 Å². The van der Waals surface area contributed by atoms with Gasteiger partial charge in [0.05, 0.1) is 29.3 Å². The number of nitrogen functional groups attached to an aromatic ring is 1. The molecule has 0 radical (unpaired) electrons. The zero-order valence-corrected chi connectivity index (χ0v) is 15.9. The molecule has 0 fully saturated rings. The zero-order chi connectivity index (χ0) is 18.8. The smallest absolute Gasteiger partial charge is 0.230 e. The molecule has 2 aromatic carbocycles. The lowest BCUT2D eigenvalue weighted by atomic mass is 10.1. The minimum Gasteiger partial charge on any atom is -0.496 e. The number of carbonyl (C=O) groups is 1. The second kappa shape index (κ2) is 7.29. The summed E-state index contributed by atoms with van der Waals surface area (Å²) >= 11 is 2.71. The van der Waals surface area contributed by atoms with Crippen LogP contribution < -0.4 is 15.8 Å². The fraction of sp³-hybridized carbons (Fsp3) is 0.111. The summed E-state index contributed by atoms with van der Waals surface area (Å²) in [4.78, 5) is 16.6. The lowest BCUT2D eigenvalue weighted by Crippen LogP contribution is -2.14. The molecule has 136 valence electrons. The Morgan fingerprint density at radius 1 is 1.19 bits per heavy atom. The van der Waals surface area contributed by atoms with E-state index in [2.05, 4.69) is 20.5 Å². The van der Waals surface area contributed by atoms with Crippen LogP contribution in [0.4, 0.5) is 10.3 Å². The average molecular weight is 397 g/mol. The van der Waals surface area contributed by atoms with Crippen LogP contribution >= 0.6 is 22.7 Å². The molecule has 0 saturated carbocycles. The Kier molecular flexibility index (Phi) is 4.69. The van der Waals surface area contributed by atoms with E-state index < -0.39 is 0 Å². The summed E-state index contributed by atoms with van der Waals surface area (Å²) in [6, 6.07) is 13.2. The normalized spacial score (nSPS) is 10.9. The van der Waals surface area contributed by atoms with E-state index in [4.69, 9.17) is 10.5 Å². The lowest BCUT2D eigenvalue weighted by molar-refractivity contribution is -0.115. The standard InChI is InChI=1S/C18H15N5O2S2/c1-25-13-5-3-2-4-11(13)16-22-23-18(27-16)21-15(24)9-10-6-7-12-14(8-10)26-17(19)20-12/h2-8H,9H2,1H3,(H2,19,20)(H,21,23,24). The molecule has 9 heteroatoms. The third kappa shape index (κ3) is 3.74. The third-order valence-electron chi connectivity index (χ3n) is 3.84. The van der Waals surface area contributed by atoms with Crippen molar-refractivity contribution < 1.29 is 9.53 Å². The lowest BCUT2D eigenvalue weighted by Gasteiger charge is -2.04. The monoisotopic (exact) mass is 397 g/mol. The van der Waals surface area contributed by atoms with Gasteiger partial charge in [0.2, 0.25) is 11.0 Å². The van der Waals surface area contributed by atoms with Crippen molar-refractivity contribution in [3.8, 4) is 16.3 Å². The molecule has 4 aromatic rings. The molecule has 4 rings (SSSR count). The molecular weight excluding hydrogens is 382 g/mol. The Balaban J connectivity index is 1.47. The molecule has 3 N–H and O–H groups in total. The van der Waals surface area contributed by atoms with Gasteiger partial charge >= 0.3 is 0 Å². The molecule has 0 aliphatic rings. The number of benzene rings is 2. The molecule has 27 heavy (non-hydrogen) atoms. The average Bonchev–Trinajstić information content (AvgIpc) is 3.26. The maximum absolute atomic E-state index is 12.4. The van der Waals surface area contributed by atoms with Gasteiger partial charge in [-0.05, 0) is 29.8 Å². The molecule has 2 aromatic heterocycles. The first-order valence-electron chi connectivity index (χ1n) is 8.04. The predicted octanol–water partition coefficient (Wildman–Crippen LogP) is 3.59. The molecule has 0 saturated heterocycles. The SMILES string of the molecule is COc1ccccc1-c1nnc(NC(=O)Cc2ccc3nc(N)sc3c2)s1. The third-order valence-corrected chi connectivity index (χ3v) is 5.56. The summed E-state index contributed by atoms with van der Waals surface area (Å²) in [5, 5.41) is 12.7. The highest BCUT2D eigenvalue weighted by Crippen LogP contribution is 2.33. The highest BCUT2D eigenvalue weighted by molar-refractivity contribution is 7.22. The summed E-state index contributed by atoms with van der Waals surface area (Å²) in [7, 11) is 1.61. The summed E-state index contributed by atoms with van der Waals surface area (Å²) in [5.74, 6) is 0.554. The fourth-order valence-electron chi connectivity index (χ4n) is 2.65. The summed E-state index contributed by atoms with van der Waals surface area (Å²) < 4.78 is 6.31. The number of fused-ring (bicyclic) bond motifs is 1. The molecule has 1 amide bonds. The van der Waals surface area contributed by atoms with Gasteiger partial charge in [0, 0.05) is 0 Å². The van der Waals surface area contributed by atoms with Gasteiger partial charge in [-0.3, -0.25) is 4.79 Å². The highest BCUT2D eigenvalue weighted by atomic mass is 32.1. The van der Waals surface area contributed by atoms with Gasteiger partial charge in [-0.1, -0.05) is 40.9 Å². The summed E-state index contributed by atoms with van der Waals surface area (Å²) in [6.07, 6.45) is 0.233. The van der Waals surface area contributed by atoms with Crippen LogP contribution in [0.2, 0.25) is 0 Å². The van der Waals surface area contributed by atoms with E-state index in [1.807, 2.05) is 42.5 Å². The van der Waals surface area contributed by atoms with Crippen LogP contribution in [0.5, 0.6) is 5.75 Å². The highest BCUT2D eigenvalue weighted by Gasteiger charge is 2.13. The van der Waals surface area contributed by atoms with Crippen molar-refractivity contribution in [2.75, 3.05) is 18.2 Å². The predicted molar refractivity (Wildman–Crippen MR) is 108 cm³/mol. The molecule has 0 aliphatic heterocycles. The first-order chi connectivity index (χ1) is 13.1. The van der Waals surface area contributed by atoms with Gasteiger partial charge in [-0.2, -0.15) is 0 Å². The quantitative estimate of drug-likeness (QED) is 0.533. The van der Waals surface area contributed by atoms with Gasteiger partial charge in [0.25, 0.3) is 0 Å². The number of rotatable bonds is 5. The van der Waals surface area contributed by atoms with Crippen molar-refractivity contribution >= 4 is 49.1 Å².